The molecule has 0 bridgehead atoms. The van der Waals surface area contributed by atoms with Gasteiger partial charge in [0.05, 0.1) is 12.2 Å². The van der Waals surface area contributed by atoms with Gasteiger partial charge in [-0.3, -0.25) is 9.36 Å². The van der Waals surface area contributed by atoms with Gasteiger partial charge in [-0.15, -0.1) is 0 Å². The molecule has 0 saturated heterocycles. The number of ether oxygens (including phenoxy) is 1. The second kappa shape index (κ2) is 2.53. The zero-order chi connectivity index (χ0) is 10.6. The van der Waals surface area contributed by atoms with Crippen molar-refractivity contribution in [3.63, 3.8) is 0 Å². The van der Waals surface area contributed by atoms with Gasteiger partial charge < -0.3 is 9.84 Å². The fourth-order valence-electron chi connectivity index (χ4n) is 2.24. The van der Waals surface area contributed by atoms with Crippen molar-refractivity contribution in [2.45, 2.75) is 31.7 Å². The first-order valence-corrected chi connectivity index (χ1v) is 5.09. The maximum absolute atomic E-state index is 11.2. The van der Waals surface area contributed by atoms with Crippen molar-refractivity contribution < 1.29 is 14.6 Å². The van der Waals surface area contributed by atoms with Crippen LogP contribution >= 0.6 is 0 Å². The van der Waals surface area contributed by atoms with Crippen molar-refractivity contribution in [1.29, 1.82) is 0 Å². The van der Waals surface area contributed by atoms with Crippen LogP contribution in [0.4, 0.5) is 0 Å². The van der Waals surface area contributed by atoms with Crippen molar-refractivity contribution in [2.24, 2.45) is 0 Å². The van der Waals surface area contributed by atoms with Gasteiger partial charge in [0.2, 0.25) is 0 Å². The number of hydrogen-bond acceptors (Lipinski definition) is 3. The Labute approximate surface area is 86.7 Å². The van der Waals surface area contributed by atoms with Crippen LogP contribution in [0.25, 0.3) is 0 Å². The van der Waals surface area contributed by atoms with Gasteiger partial charge in [0.1, 0.15) is 12.0 Å². The number of rotatable bonds is 2. The van der Waals surface area contributed by atoms with E-state index >= 15 is 0 Å². The predicted molar refractivity (Wildman–Crippen MR) is 51.0 cm³/mol. The molecule has 0 amide bonds. The Morgan fingerprint density at radius 2 is 2.33 bits per heavy atom. The van der Waals surface area contributed by atoms with Crippen LogP contribution in [0.1, 0.15) is 24.2 Å². The highest BCUT2D eigenvalue weighted by Crippen LogP contribution is 2.49. The molecule has 0 spiro atoms. The first-order valence-electron chi connectivity index (χ1n) is 5.09. The summed E-state index contributed by atoms with van der Waals surface area (Å²) in [4.78, 5) is 15.5. The molecule has 1 fully saturated rings. The van der Waals surface area contributed by atoms with Crippen molar-refractivity contribution in [3.8, 4) is 6.01 Å². The van der Waals surface area contributed by atoms with Gasteiger partial charge in [0.25, 0.3) is 6.01 Å². The molecule has 0 unspecified atom stereocenters. The number of imidazole rings is 1. The minimum Gasteiger partial charge on any atom is -0.481 e. The quantitative estimate of drug-likeness (QED) is 0.777. The maximum Gasteiger partial charge on any atom is 0.315 e. The predicted octanol–water partition coefficient (Wildman–Crippen LogP) is 0.700. The number of carbonyl (C=O) groups is 1. The minimum absolute atomic E-state index is 0.579. The zero-order valence-corrected chi connectivity index (χ0v) is 8.49. The summed E-state index contributed by atoms with van der Waals surface area (Å²) in [5.74, 6) is -0.762. The van der Waals surface area contributed by atoms with E-state index in [2.05, 4.69) is 4.98 Å². The third kappa shape index (κ3) is 0.976. The molecule has 2 heterocycles. The topological polar surface area (TPSA) is 64.3 Å². The summed E-state index contributed by atoms with van der Waals surface area (Å²) >= 11 is 0. The highest BCUT2D eigenvalue weighted by atomic mass is 16.5. The molecule has 80 valence electrons. The molecule has 1 aliphatic carbocycles. The van der Waals surface area contributed by atoms with Crippen LogP contribution in [-0.2, 0) is 16.8 Å². The number of carboxylic acid groups (broad SMARTS) is 1. The fraction of sp³-hybridized carbons (Fsp3) is 0.600. The maximum atomic E-state index is 11.2. The zero-order valence-electron chi connectivity index (χ0n) is 8.49. The first kappa shape index (κ1) is 8.76. The summed E-state index contributed by atoms with van der Waals surface area (Å²) in [6.07, 6.45) is 1.39. The standard InChI is InChI=1S/C10H12N2O3/c1-6-7(10(2-3-10)8(13)14)11-9-12(6)4-5-15-9/h2-5H2,1H3,(H,13,14). The Morgan fingerprint density at radius 3 is 2.87 bits per heavy atom. The van der Waals surface area contributed by atoms with E-state index in [-0.39, 0.29) is 0 Å². The lowest BCUT2D eigenvalue weighted by molar-refractivity contribution is -0.140. The summed E-state index contributed by atoms with van der Waals surface area (Å²) in [5, 5.41) is 9.18. The Balaban J connectivity index is 2.10. The van der Waals surface area contributed by atoms with Crippen LogP contribution in [0.5, 0.6) is 6.01 Å². The normalized spacial score (nSPS) is 20.9. The molecule has 2 aliphatic rings. The van der Waals surface area contributed by atoms with E-state index < -0.39 is 11.4 Å². The van der Waals surface area contributed by atoms with Gasteiger partial charge in [-0.05, 0) is 19.8 Å². The van der Waals surface area contributed by atoms with Gasteiger partial charge in [-0.1, -0.05) is 0 Å². The number of carboxylic acids is 1. The van der Waals surface area contributed by atoms with Crippen LogP contribution in [0.3, 0.4) is 0 Å². The second-order valence-electron chi connectivity index (χ2n) is 4.22. The molecule has 0 atom stereocenters. The Morgan fingerprint density at radius 1 is 1.60 bits per heavy atom. The van der Waals surface area contributed by atoms with Gasteiger partial charge in [-0.25, -0.2) is 0 Å². The van der Waals surface area contributed by atoms with Crippen molar-refractivity contribution in [2.75, 3.05) is 6.61 Å². The van der Waals surface area contributed by atoms with Gasteiger partial charge in [0, 0.05) is 5.69 Å². The summed E-state index contributed by atoms with van der Waals surface area (Å²) in [5.41, 5.74) is 0.928. The molecule has 0 aromatic carbocycles. The van der Waals surface area contributed by atoms with E-state index in [0.717, 1.165) is 12.2 Å². The SMILES string of the molecule is Cc1c(C2(C(=O)O)CC2)nc2n1CCO2. The van der Waals surface area contributed by atoms with Gasteiger partial charge >= 0.3 is 5.97 Å². The Hall–Kier alpha value is -1.52. The highest BCUT2D eigenvalue weighted by Gasteiger charge is 2.55. The van der Waals surface area contributed by atoms with E-state index in [4.69, 9.17) is 4.74 Å². The first-order chi connectivity index (χ1) is 7.15. The Bertz CT molecular complexity index is 446. The molecular weight excluding hydrogens is 196 g/mol. The summed E-state index contributed by atoms with van der Waals surface area (Å²) in [6.45, 7) is 3.34. The van der Waals surface area contributed by atoms with E-state index in [1.807, 2.05) is 11.5 Å². The lowest BCUT2D eigenvalue weighted by atomic mass is 10.0. The summed E-state index contributed by atoms with van der Waals surface area (Å²) in [7, 11) is 0. The molecule has 1 saturated carbocycles. The molecule has 3 rings (SSSR count). The van der Waals surface area contributed by atoms with Gasteiger partial charge in [-0.2, -0.15) is 4.98 Å². The van der Waals surface area contributed by atoms with Crippen LogP contribution in [0, 0.1) is 6.92 Å². The smallest absolute Gasteiger partial charge is 0.315 e. The molecule has 5 nitrogen and oxygen atoms in total. The third-order valence-corrected chi connectivity index (χ3v) is 3.34. The van der Waals surface area contributed by atoms with E-state index in [0.29, 0.717) is 31.2 Å². The molecule has 5 heteroatoms. The van der Waals surface area contributed by atoms with Crippen molar-refractivity contribution in [3.05, 3.63) is 11.4 Å². The molecule has 1 aromatic rings. The Kier molecular flexibility index (Phi) is 1.48. The van der Waals surface area contributed by atoms with Gasteiger partial charge in [0.15, 0.2) is 0 Å². The largest absolute Gasteiger partial charge is 0.481 e. The molecule has 0 radical (unpaired) electrons. The number of aliphatic carboxylic acids is 1. The molecule has 1 aliphatic heterocycles. The minimum atomic E-state index is -0.762. The molecule has 1 N–H and O–H groups in total. The summed E-state index contributed by atoms with van der Waals surface area (Å²) < 4.78 is 7.28. The van der Waals surface area contributed by atoms with Crippen molar-refractivity contribution >= 4 is 5.97 Å². The van der Waals surface area contributed by atoms with Crippen LogP contribution in [0.2, 0.25) is 0 Å². The monoisotopic (exact) mass is 208 g/mol. The number of hydrogen-bond donors (Lipinski definition) is 1. The lowest BCUT2D eigenvalue weighted by Crippen LogP contribution is -2.21. The fourth-order valence-corrected chi connectivity index (χ4v) is 2.24. The van der Waals surface area contributed by atoms with E-state index in [9.17, 15) is 9.90 Å². The van der Waals surface area contributed by atoms with E-state index in [1.54, 1.807) is 0 Å². The average Bonchev–Trinajstić information content (AvgIpc) is 2.77. The second-order valence-corrected chi connectivity index (χ2v) is 4.22. The summed E-state index contributed by atoms with van der Waals surface area (Å²) in [6, 6.07) is 0.579. The number of fused-ring (bicyclic) bond motifs is 1. The third-order valence-electron chi connectivity index (χ3n) is 3.34. The highest BCUT2D eigenvalue weighted by molar-refractivity contribution is 5.84. The number of aromatic nitrogens is 2. The van der Waals surface area contributed by atoms with Crippen molar-refractivity contribution in [1.82, 2.24) is 9.55 Å². The van der Waals surface area contributed by atoms with Crippen LogP contribution in [-0.4, -0.2) is 27.2 Å². The number of nitrogens with zero attached hydrogens (tertiary/aromatic N) is 2. The molecular formula is C10H12N2O3. The average molecular weight is 208 g/mol. The lowest BCUT2D eigenvalue weighted by Gasteiger charge is -2.08. The molecule has 15 heavy (non-hydrogen) atoms. The van der Waals surface area contributed by atoms with Crippen LogP contribution < -0.4 is 4.74 Å². The molecule has 1 aromatic heterocycles. The van der Waals surface area contributed by atoms with E-state index in [1.165, 1.54) is 0 Å². The van der Waals surface area contributed by atoms with Crippen LogP contribution in [0.15, 0.2) is 0 Å².